The van der Waals surface area contributed by atoms with Gasteiger partial charge in [0.2, 0.25) is 5.88 Å². The molecule has 2 rings (SSSR count). The van der Waals surface area contributed by atoms with Crippen molar-refractivity contribution in [1.82, 2.24) is 4.98 Å². The van der Waals surface area contributed by atoms with Crippen LogP contribution in [0.1, 0.15) is 16.8 Å². The Morgan fingerprint density at radius 2 is 1.81 bits per heavy atom. The summed E-state index contributed by atoms with van der Waals surface area (Å²) >= 11 is 0. The lowest BCUT2D eigenvalue weighted by molar-refractivity contribution is 0.396. The summed E-state index contributed by atoms with van der Waals surface area (Å²) in [6, 6.07) is 14.4. The first-order chi connectivity index (χ1) is 7.78. The molecule has 82 valence electrons. The first-order valence-electron chi connectivity index (χ1n) is 5.33. The molecule has 1 aromatic carbocycles. The van der Waals surface area contributed by atoms with Gasteiger partial charge in [-0.25, -0.2) is 4.98 Å². The highest BCUT2D eigenvalue weighted by Gasteiger charge is 1.99. The maximum Gasteiger partial charge on any atom is 0.213 e. The second-order valence-corrected chi connectivity index (χ2v) is 3.83. The fraction of sp³-hybridized carbons (Fsp3) is 0.214. The van der Waals surface area contributed by atoms with Gasteiger partial charge in [-0.05, 0) is 18.6 Å². The molecule has 0 fully saturated rings. The second-order valence-electron chi connectivity index (χ2n) is 3.83. The van der Waals surface area contributed by atoms with Crippen molar-refractivity contribution in [3.05, 3.63) is 59.3 Å². The van der Waals surface area contributed by atoms with Crippen LogP contribution < -0.4 is 4.74 Å². The number of aromatic nitrogens is 1. The van der Waals surface area contributed by atoms with Gasteiger partial charge in [0.15, 0.2) is 0 Å². The molecule has 0 aliphatic heterocycles. The third kappa shape index (κ3) is 2.60. The molecule has 0 unspecified atom stereocenters. The predicted molar refractivity (Wildman–Crippen MR) is 64.8 cm³/mol. The summed E-state index contributed by atoms with van der Waals surface area (Å²) in [5, 5.41) is 0. The van der Waals surface area contributed by atoms with E-state index in [0.717, 1.165) is 12.1 Å². The molecule has 0 bridgehead atoms. The van der Waals surface area contributed by atoms with Crippen molar-refractivity contribution >= 4 is 0 Å². The molecule has 0 amide bonds. The molecule has 1 aromatic heterocycles. The maximum absolute atomic E-state index is 5.10. The average Bonchev–Trinajstić information content (AvgIpc) is 2.32. The smallest absolute Gasteiger partial charge is 0.213 e. The number of ether oxygens (including phenoxy) is 1. The zero-order valence-corrected chi connectivity index (χ0v) is 9.60. The summed E-state index contributed by atoms with van der Waals surface area (Å²) in [5.74, 6) is 0.671. The van der Waals surface area contributed by atoms with Crippen LogP contribution in [0, 0.1) is 6.92 Å². The fourth-order valence-corrected chi connectivity index (χ4v) is 1.58. The Hall–Kier alpha value is -1.83. The molecule has 2 aromatic rings. The minimum atomic E-state index is 0.671. The summed E-state index contributed by atoms with van der Waals surface area (Å²) in [6.07, 6.45) is 0.845. The molecule has 0 saturated heterocycles. The van der Waals surface area contributed by atoms with Crippen LogP contribution in [0.25, 0.3) is 0 Å². The van der Waals surface area contributed by atoms with Crippen LogP contribution in [0.2, 0.25) is 0 Å². The molecule has 0 aliphatic rings. The van der Waals surface area contributed by atoms with E-state index in [9.17, 15) is 0 Å². The lowest BCUT2D eigenvalue weighted by Gasteiger charge is -2.04. The number of hydrogen-bond acceptors (Lipinski definition) is 2. The molecule has 0 aliphatic carbocycles. The molecule has 0 spiro atoms. The van der Waals surface area contributed by atoms with Crippen LogP contribution in [0.4, 0.5) is 0 Å². The lowest BCUT2D eigenvalue weighted by Crippen LogP contribution is -1.94. The summed E-state index contributed by atoms with van der Waals surface area (Å²) in [4.78, 5) is 4.39. The summed E-state index contributed by atoms with van der Waals surface area (Å²) < 4.78 is 5.10. The number of pyridine rings is 1. The van der Waals surface area contributed by atoms with Gasteiger partial charge in [0, 0.05) is 18.2 Å². The predicted octanol–water partition coefficient (Wildman–Crippen LogP) is 2.99. The van der Waals surface area contributed by atoms with Gasteiger partial charge < -0.3 is 4.74 Å². The van der Waals surface area contributed by atoms with Crippen LogP contribution in [0.15, 0.2) is 42.5 Å². The van der Waals surface area contributed by atoms with Gasteiger partial charge in [0.1, 0.15) is 0 Å². The van der Waals surface area contributed by atoms with Crippen molar-refractivity contribution in [3.8, 4) is 5.88 Å². The molecule has 1 heterocycles. The Labute approximate surface area is 95.9 Å². The largest absolute Gasteiger partial charge is 0.481 e. The van der Waals surface area contributed by atoms with Crippen LogP contribution in [-0.4, -0.2) is 12.1 Å². The maximum atomic E-state index is 5.10. The zero-order valence-electron chi connectivity index (χ0n) is 9.60. The highest BCUT2D eigenvalue weighted by molar-refractivity contribution is 5.26. The van der Waals surface area contributed by atoms with E-state index in [-0.39, 0.29) is 0 Å². The van der Waals surface area contributed by atoms with E-state index < -0.39 is 0 Å². The molecular formula is C14H15NO. The van der Waals surface area contributed by atoms with Gasteiger partial charge in [-0.1, -0.05) is 35.9 Å². The molecule has 0 atom stereocenters. The van der Waals surface area contributed by atoms with E-state index in [4.69, 9.17) is 4.74 Å². The minimum absolute atomic E-state index is 0.671. The quantitative estimate of drug-likeness (QED) is 0.782. The van der Waals surface area contributed by atoms with Crippen LogP contribution in [0.3, 0.4) is 0 Å². The third-order valence-electron chi connectivity index (χ3n) is 2.50. The highest BCUT2D eigenvalue weighted by Crippen LogP contribution is 2.12. The van der Waals surface area contributed by atoms with Crippen LogP contribution in [-0.2, 0) is 6.42 Å². The number of rotatable bonds is 3. The minimum Gasteiger partial charge on any atom is -0.481 e. The Morgan fingerprint density at radius 1 is 1.06 bits per heavy atom. The van der Waals surface area contributed by atoms with Gasteiger partial charge in [0.05, 0.1) is 7.11 Å². The molecule has 2 nitrogen and oxygen atoms in total. The topological polar surface area (TPSA) is 22.1 Å². The van der Waals surface area contributed by atoms with Crippen LogP contribution >= 0.6 is 0 Å². The number of hydrogen-bond donors (Lipinski definition) is 0. The Morgan fingerprint density at radius 3 is 2.50 bits per heavy atom. The van der Waals surface area contributed by atoms with E-state index in [2.05, 4.69) is 36.2 Å². The Bertz CT molecular complexity index is 462. The number of methoxy groups -OCH3 is 1. The van der Waals surface area contributed by atoms with Crippen molar-refractivity contribution in [2.24, 2.45) is 0 Å². The van der Waals surface area contributed by atoms with Gasteiger partial charge in [-0.2, -0.15) is 0 Å². The highest BCUT2D eigenvalue weighted by atomic mass is 16.5. The number of nitrogens with zero attached hydrogens (tertiary/aromatic N) is 1. The summed E-state index contributed by atoms with van der Waals surface area (Å²) in [6.45, 7) is 2.09. The molecule has 2 heteroatoms. The van der Waals surface area contributed by atoms with Gasteiger partial charge in [-0.3, -0.25) is 0 Å². The fourth-order valence-electron chi connectivity index (χ4n) is 1.58. The third-order valence-corrected chi connectivity index (χ3v) is 2.50. The normalized spacial score (nSPS) is 10.1. The van der Waals surface area contributed by atoms with E-state index in [1.54, 1.807) is 7.11 Å². The monoisotopic (exact) mass is 213 g/mol. The van der Waals surface area contributed by atoms with Crippen molar-refractivity contribution in [2.45, 2.75) is 13.3 Å². The summed E-state index contributed by atoms with van der Waals surface area (Å²) in [5.41, 5.74) is 3.58. The van der Waals surface area contributed by atoms with Crippen molar-refractivity contribution in [3.63, 3.8) is 0 Å². The van der Waals surface area contributed by atoms with Crippen molar-refractivity contribution in [2.75, 3.05) is 7.11 Å². The number of benzene rings is 1. The standard InChI is InChI=1S/C14H15NO/c1-11-6-8-12(9-7-11)10-13-4-3-5-14(15-13)16-2/h3-9H,10H2,1-2H3. The van der Waals surface area contributed by atoms with Crippen molar-refractivity contribution < 1.29 is 4.74 Å². The van der Waals surface area contributed by atoms with Gasteiger partial charge in [0.25, 0.3) is 0 Å². The van der Waals surface area contributed by atoms with Crippen LogP contribution in [0.5, 0.6) is 5.88 Å². The first kappa shape index (κ1) is 10.7. The number of aryl methyl sites for hydroxylation is 1. The lowest BCUT2D eigenvalue weighted by atomic mass is 10.1. The molecular weight excluding hydrogens is 198 g/mol. The second kappa shape index (κ2) is 4.79. The zero-order chi connectivity index (χ0) is 11.4. The van der Waals surface area contributed by atoms with E-state index in [1.165, 1.54) is 11.1 Å². The van der Waals surface area contributed by atoms with E-state index in [0.29, 0.717) is 5.88 Å². The molecule has 0 saturated carbocycles. The molecule has 16 heavy (non-hydrogen) atoms. The summed E-state index contributed by atoms with van der Waals surface area (Å²) in [7, 11) is 1.64. The average molecular weight is 213 g/mol. The SMILES string of the molecule is COc1cccc(Cc2ccc(C)cc2)n1. The Kier molecular flexibility index (Phi) is 3.20. The first-order valence-corrected chi connectivity index (χ1v) is 5.33. The molecule has 0 N–H and O–H groups in total. The van der Waals surface area contributed by atoms with E-state index in [1.807, 2.05) is 18.2 Å². The van der Waals surface area contributed by atoms with Gasteiger partial charge in [-0.15, -0.1) is 0 Å². The van der Waals surface area contributed by atoms with Crippen molar-refractivity contribution in [1.29, 1.82) is 0 Å². The van der Waals surface area contributed by atoms with E-state index >= 15 is 0 Å². The van der Waals surface area contributed by atoms with Gasteiger partial charge >= 0.3 is 0 Å². The Balaban J connectivity index is 2.16. The molecule has 0 radical (unpaired) electrons.